The van der Waals surface area contributed by atoms with Crippen LogP contribution < -0.4 is 9.80 Å². The number of anilines is 2. The highest BCUT2D eigenvalue weighted by Crippen LogP contribution is 2.32. The number of rotatable bonds is 3. The molecule has 1 fully saturated rings. The lowest BCUT2D eigenvalue weighted by Gasteiger charge is -2.25. The van der Waals surface area contributed by atoms with Crippen molar-refractivity contribution in [1.82, 2.24) is 4.98 Å². The van der Waals surface area contributed by atoms with Crippen molar-refractivity contribution in [3.05, 3.63) is 70.7 Å². The Balaban J connectivity index is 1.62. The third-order valence-corrected chi connectivity index (χ3v) is 4.95. The fraction of sp³-hybridized carbons (Fsp3) is 0.250. The van der Waals surface area contributed by atoms with E-state index < -0.39 is 0 Å². The third kappa shape index (κ3) is 3.40. The molecule has 0 unspecified atom stereocenters. The molecule has 3 aromatic rings. The largest absolute Gasteiger partial charge is 0.370 e. The van der Waals surface area contributed by atoms with Gasteiger partial charge in [0.25, 0.3) is 5.69 Å². The van der Waals surface area contributed by atoms with Gasteiger partial charge < -0.3 is 9.80 Å². The molecule has 138 valence electrons. The number of non-ortho nitro benzene ring substituents is 1. The predicted molar refractivity (Wildman–Crippen MR) is 104 cm³/mol. The van der Waals surface area contributed by atoms with Gasteiger partial charge in [0, 0.05) is 44.1 Å². The minimum atomic E-state index is -0.369. The number of nitro groups is 1. The van der Waals surface area contributed by atoms with Gasteiger partial charge in [0.05, 0.1) is 16.0 Å². The summed E-state index contributed by atoms with van der Waals surface area (Å²) in [5, 5.41) is 11.9. The third-order valence-electron chi connectivity index (χ3n) is 4.95. The number of halogens is 1. The first-order valence-electron chi connectivity index (χ1n) is 8.91. The maximum atomic E-state index is 13.2. The Morgan fingerprint density at radius 1 is 0.963 bits per heavy atom. The van der Waals surface area contributed by atoms with Gasteiger partial charge in [0.15, 0.2) is 0 Å². The molecule has 2 aromatic carbocycles. The number of nitrogens with zero attached hydrogens (tertiary/aromatic N) is 4. The Hall–Kier alpha value is -3.22. The number of aromatic nitrogens is 1. The van der Waals surface area contributed by atoms with Crippen molar-refractivity contribution in [2.24, 2.45) is 0 Å². The zero-order chi connectivity index (χ0) is 18.8. The van der Waals surface area contributed by atoms with Gasteiger partial charge in [-0.3, -0.25) is 15.1 Å². The van der Waals surface area contributed by atoms with E-state index in [0.29, 0.717) is 10.9 Å². The summed E-state index contributed by atoms with van der Waals surface area (Å²) in [6.07, 6.45) is 2.60. The highest BCUT2D eigenvalue weighted by Gasteiger charge is 2.21. The van der Waals surface area contributed by atoms with Crippen LogP contribution in [-0.4, -0.2) is 36.1 Å². The minimum absolute atomic E-state index is 0.0737. The zero-order valence-electron chi connectivity index (χ0n) is 14.7. The Kier molecular flexibility index (Phi) is 4.58. The van der Waals surface area contributed by atoms with Crippen LogP contribution in [-0.2, 0) is 0 Å². The minimum Gasteiger partial charge on any atom is -0.370 e. The molecule has 27 heavy (non-hydrogen) atoms. The van der Waals surface area contributed by atoms with Crippen LogP contribution in [0.4, 0.5) is 21.5 Å². The zero-order valence-corrected chi connectivity index (χ0v) is 14.7. The lowest BCUT2D eigenvalue weighted by molar-refractivity contribution is -0.383. The first-order chi connectivity index (χ1) is 13.1. The Bertz CT molecular complexity index is 977. The van der Waals surface area contributed by atoms with Crippen molar-refractivity contribution in [2.75, 3.05) is 36.0 Å². The molecule has 4 rings (SSSR count). The summed E-state index contributed by atoms with van der Waals surface area (Å²) in [5.74, 6) is -0.237. The Morgan fingerprint density at radius 3 is 2.48 bits per heavy atom. The van der Waals surface area contributed by atoms with E-state index in [-0.39, 0.29) is 16.4 Å². The highest BCUT2D eigenvalue weighted by atomic mass is 19.1. The van der Waals surface area contributed by atoms with Crippen LogP contribution in [0.5, 0.6) is 0 Å². The topological polar surface area (TPSA) is 62.5 Å². The lowest BCUT2D eigenvalue weighted by Crippen LogP contribution is -2.30. The van der Waals surface area contributed by atoms with Gasteiger partial charge in [0.2, 0.25) is 0 Å². The van der Waals surface area contributed by atoms with Crippen LogP contribution in [0, 0.1) is 15.9 Å². The van der Waals surface area contributed by atoms with Gasteiger partial charge in [-0.05, 0) is 48.9 Å². The van der Waals surface area contributed by atoms with E-state index in [0.717, 1.165) is 44.0 Å². The van der Waals surface area contributed by atoms with E-state index in [4.69, 9.17) is 0 Å². The molecule has 0 N–H and O–H groups in total. The Labute approximate surface area is 156 Å². The molecule has 0 spiro atoms. The van der Waals surface area contributed by atoms with Crippen molar-refractivity contribution < 1.29 is 9.31 Å². The van der Waals surface area contributed by atoms with Gasteiger partial charge in [-0.2, -0.15) is 0 Å². The van der Waals surface area contributed by atoms with Crippen LogP contribution in [0.3, 0.4) is 0 Å². The summed E-state index contributed by atoms with van der Waals surface area (Å²) < 4.78 is 13.2. The lowest BCUT2D eigenvalue weighted by atomic mass is 10.1. The van der Waals surface area contributed by atoms with Crippen LogP contribution >= 0.6 is 0 Å². The average molecular weight is 366 g/mol. The van der Waals surface area contributed by atoms with Crippen molar-refractivity contribution in [3.8, 4) is 0 Å². The second kappa shape index (κ2) is 7.19. The van der Waals surface area contributed by atoms with E-state index in [1.165, 1.54) is 12.1 Å². The molecule has 2 heterocycles. The van der Waals surface area contributed by atoms with Crippen LogP contribution in [0.1, 0.15) is 6.42 Å². The molecular weight excluding hydrogens is 347 g/mol. The maximum absolute atomic E-state index is 13.2. The molecule has 1 aliphatic heterocycles. The van der Waals surface area contributed by atoms with Crippen molar-refractivity contribution in [1.29, 1.82) is 0 Å². The van der Waals surface area contributed by atoms with E-state index in [2.05, 4.69) is 14.8 Å². The van der Waals surface area contributed by atoms with E-state index in [1.54, 1.807) is 42.6 Å². The van der Waals surface area contributed by atoms with Gasteiger partial charge in [-0.25, -0.2) is 4.39 Å². The van der Waals surface area contributed by atoms with Crippen LogP contribution in [0.2, 0.25) is 0 Å². The molecule has 0 amide bonds. The number of fused-ring (bicyclic) bond motifs is 1. The molecule has 7 heteroatoms. The summed E-state index contributed by atoms with van der Waals surface area (Å²) in [6, 6.07) is 13.4. The van der Waals surface area contributed by atoms with Gasteiger partial charge in [0.1, 0.15) is 11.3 Å². The maximum Gasteiger partial charge on any atom is 0.278 e. The van der Waals surface area contributed by atoms with Crippen LogP contribution in [0.15, 0.2) is 54.7 Å². The summed E-state index contributed by atoms with van der Waals surface area (Å²) in [5.41, 5.74) is 2.65. The SMILES string of the molecule is O=[N+]([O-])c1ccc(N2CCCN(c3ccc(F)cc3)CC2)c2ncccc12. The fourth-order valence-electron chi connectivity index (χ4n) is 3.63. The summed E-state index contributed by atoms with van der Waals surface area (Å²) >= 11 is 0. The van der Waals surface area contributed by atoms with Gasteiger partial charge in [-0.15, -0.1) is 0 Å². The molecule has 1 saturated heterocycles. The van der Waals surface area contributed by atoms with Crippen molar-refractivity contribution in [2.45, 2.75) is 6.42 Å². The van der Waals surface area contributed by atoms with E-state index in [1.807, 2.05) is 0 Å². The second-order valence-corrected chi connectivity index (χ2v) is 6.56. The molecule has 6 nitrogen and oxygen atoms in total. The summed E-state index contributed by atoms with van der Waals surface area (Å²) in [4.78, 5) is 19.8. The average Bonchev–Trinajstić information content (AvgIpc) is 2.94. The standard InChI is InChI=1S/C20H19FN4O2/c21-15-4-6-16(7-5-15)23-11-2-12-24(14-13-23)19-9-8-18(25(26)27)17-3-1-10-22-20(17)19/h1,3-10H,2,11-14H2. The molecule has 0 aliphatic carbocycles. The first kappa shape index (κ1) is 17.2. The molecule has 0 saturated carbocycles. The number of hydrogen-bond donors (Lipinski definition) is 0. The number of nitro benzene ring substituents is 1. The molecule has 1 aromatic heterocycles. The summed E-state index contributed by atoms with van der Waals surface area (Å²) in [6.45, 7) is 3.26. The molecule has 0 radical (unpaired) electrons. The number of pyridine rings is 1. The fourth-order valence-corrected chi connectivity index (χ4v) is 3.63. The molecule has 1 aliphatic rings. The monoisotopic (exact) mass is 366 g/mol. The van der Waals surface area contributed by atoms with Crippen molar-refractivity contribution in [3.63, 3.8) is 0 Å². The van der Waals surface area contributed by atoms with E-state index in [9.17, 15) is 14.5 Å². The number of hydrogen-bond acceptors (Lipinski definition) is 5. The van der Waals surface area contributed by atoms with E-state index >= 15 is 0 Å². The predicted octanol–water partition coefficient (Wildman–Crippen LogP) is 4.00. The molecule has 0 bridgehead atoms. The highest BCUT2D eigenvalue weighted by molar-refractivity contribution is 5.97. The molecular formula is C20H19FN4O2. The quantitative estimate of drug-likeness (QED) is 0.518. The van der Waals surface area contributed by atoms with Crippen molar-refractivity contribution >= 4 is 28.0 Å². The number of benzene rings is 2. The molecule has 0 atom stereocenters. The Morgan fingerprint density at radius 2 is 1.70 bits per heavy atom. The first-order valence-corrected chi connectivity index (χ1v) is 8.91. The normalized spacial score (nSPS) is 15.0. The van der Waals surface area contributed by atoms with Gasteiger partial charge >= 0.3 is 0 Å². The smallest absolute Gasteiger partial charge is 0.278 e. The summed E-state index contributed by atoms with van der Waals surface area (Å²) in [7, 11) is 0. The second-order valence-electron chi connectivity index (χ2n) is 6.56. The van der Waals surface area contributed by atoms with Crippen LogP contribution in [0.25, 0.3) is 10.9 Å². The van der Waals surface area contributed by atoms with Gasteiger partial charge in [-0.1, -0.05) is 0 Å².